The number of amides is 2. The molecular weight excluding hydrogens is 222 g/mol. The molecule has 6 heteroatoms. The van der Waals surface area contributed by atoms with E-state index in [4.69, 9.17) is 4.74 Å². The molecule has 0 saturated heterocycles. The highest BCUT2D eigenvalue weighted by Crippen LogP contribution is 2.00. The Kier molecular flexibility index (Phi) is 4.56. The highest BCUT2D eigenvalue weighted by molar-refractivity contribution is 5.93. The number of ether oxygens (including phenoxy) is 1. The summed E-state index contributed by atoms with van der Waals surface area (Å²) in [6.45, 7) is 6.02. The molecule has 1 heterocycles. The maximum Gasteiger partial charge on any atom is 0.426 e. The first-order chi connectivity index (χ1) is 7.99. The van der Waals surface area contributed by atoms with E-state index < -0.39 is 12.0 Å². The normalized spacial score (nSPS) is 10.1. The van der Waals surface area contributed by atoms with Crippen LogP contribution in [0.25, 0.3) is 0 Å². The van der Waals surface area contributed by atoms with Gasteiger partial charge >= 0.3 is 6.09 Å². The summed E-state index contributed by atoms with van der Waals surface area (Å²) < 4.78 is 4.82. The Balaban J connectivity index is 2.31. The van der Waals surface area contributed by atoms with Gasteiger partial charge in [-0.2, -0.15) is 0 Å². The van der Waals surface area contributed by atoms with Crippen molar-refractivity contribution in [2.75, 3.05) is 6.61 Å². The Bertz CT molecular complexity index is 398. The lowest BCUT2D eigenvalue weighted by Crippen LogP contribution is -2.42. The van der Waals surface area contributed by atoms with Crippen molar-refractivity contribution in [3.05, 3.63) is 23.5 Å². The standard InChI is InChI=1S/C11H17N3O3/c1-7(2)6-17-11(16)14-13-10(15)9-4-8(3)5-12-9/h4-5,7,12H,6H2,1-3H3,(H,13,15)(H,14,16). The minimum atomic E-state index is -0.671. The van der Waals surface area contributed by atoms with Crippen LogP contribution in [0.1, 0.15) is 29.9 Å². The molecule has 17 heavy (non-hydrogen) atoms. The Morgan fingerprint density at radius 3 is 2.65 bits per heavy atom. The summed E-state index contributed by atoms with van der Waals surface area (Å²) >= 11 is 0. The van der Waals surface area contributed by atoms with Gasteiger partial charge in [-0.05, 0) is 24.5 Å². The third-order valence-electron chi connectivity index (χ3n) is 1.90. The highest BCUT2D eigenvalue weighted by Gasteiger charge is 2.09. The van der Waals surface area contributed by atoms with E-state index in [1.807, 2.05) is 20.8 Å². The summed E-state index contributed by atoms with van der Waals surface area (Å²) in [4.78, 5) is 25.4. The fourth-order valence-corrected chi connectivity index (χ4v) is 1.09. The minimum absolute atomic E-state index is 0.252. The molecule has 0 unspecified atom stereocenters. The zero-order chi connectivity index (χ0) is 12.8. The van der Waals surface area contributed by atoms with Crippen LogP contribution in [-0.2, 0) is 4.74 Å². The van der Waals surface area contributed by atoms with E-state index in [9.17, 15) is 9.59 Å². The van der Waals surface area contributed by atoms with E-state index in [-0.39, 0.29) is 5.92 Å². The molecule has 0 aliphatic heterocycles. The molecule has 0 aromatic carbocycles. The summed E-state index contributed by atoms with van der Waals surface area (Å²) in [5, 5.41) is 0. The smallest absolute Gasteiger partial charge is 0.426 e. The molecular formula is C11H17N3O3. The van der Waals surface area contributed by atoms with Crippen molar-refractivity contribution in [1.82, 2.24) is 15.8 Å². The van der Waals surface area contributed by atoms with Crippen LogP contribution >= 0.6 is 0 Å². The average Bonchev–Trinajstić information content (AvgIpc) is 2.70. The summed E-state index contributed by atoms with van der Waals surface area (Å²) in [7, 11) is 0. The monoisotopic (exact) mass is 239 g/mol. The highest BCUT2D eigenvalue weighted by atomic mass is 16.6. The maximum atomic E-state index is 11.5. The third-order valence-corrected chi connectivity index (χ3v) is 1.90. The zero-order valence-corrected chi connectivity index (χ0v) is 10.2. The van der Waals surface area contributed by atoms with Crippen LogP contribution in [0.3, 0.4) is 0 Å². The van der Waals surface area contributed by atoms with E-state index in [1.54, 1.807) is 12.3 Å². The second-order valence-corrected chi connectivity index (χ2v) is 4.16. The number of carbonyl (C=O) groups is 2. The number of hydrogen-bond acceptors (Lipinski definition) is 3. The van der Waals surface area contributed by atoms with E-state index in [0.29, 0.717) is 12.3 Å². The van der Waals surface area contributed by atoms with Crippen LogP contribution < -0.4 is 10.9 Å². The summed E-state index contributed by atoms with van der Waals surface area (Å²) in [5.74, 6) is -0.165. The van der Waals surface area contributed by atoms with Gasteiger partial charge < -0.3 is 9.72 Å². The van der Waals surface area contributed by atoms with Crippen molar-refractivity contribution < 1.29 is 14.3 Å². The van der Waals surface area contributed by atoms with Gasteiger partial charge in [0.1, 0.15) is 5.69 Å². The van der Waals surface area contributed by atoms with Crippen molar-refractivity contribution in [1.29, 1.82) is 0 Å². The molecule has 0 bridgehead atoms. The minimum Gasteiger partial charge on any atom is -0.448 e. The lowest BCUT2D eigenvalue weighted by molar-refractivity contribution is 0.0897. The van der Waals surface area contributed by atoms with Crippen LogP contribution in [0.2, 0.25) is 0 Å². The van der Waals surface area contributed by atoms with Crippen molar-refractivity contribution >= 4 is 12.0 Å². The van der Waals surface area contributed by atoms with Crippen molar-refractivity contribution in [2.45, 2.75) is 20.8 Å². The molecule has 1 aromatic heterocycles. The van der Waals surface area contributed by atoms with Crippen LogP contribution in [0.5, 0.6) is 0 Å². The van der Waals surface area contributed by atoms with Gasteiger partial charge in [0.25, 0.3) is 5.91 Å². The number of rotatable bonds is 3. The number of aromatic amines is 1. The zero-order valence-electron chi connectivity index (χ0n) is 10.2. The summed E-state index contributed by atoms with van der Waals surface area (Å²) in [6.07, 6.45) is 1.03. The van der Waals surface area contributed by atoms with Crippen LogP contribution in [0, 0.1) is 12.8 Å². The molecule has 0 radical (unpaired) electrons. The number of aryl methyl sites for hydroxylation is 1. The Labute approximate surface area is 99.7 Å². The molecule has 1 aromatic rings. The maximum absolute atomic E-state index is 11.5. The van der Waals surface area contributed by atoms with Gasteiger partial charge in [0.05, 0.1) is 6.61 Å². The second kappa shape index (κ2) is 5.93. The molecule has 0 atom stereocenters. The first-order valence-electron chi connectivity index (χ1n) is 5.37. The predicted molar refractivity (Wildman–Crippen MR) is 62.3 cm³/mol. The molecule has 0 saturated carbocycles. The molecule has 0 fully saturated rings. The van der Waals surface area contributed by atoms with Gasteiger partial charge in [-0.25, -0.2) is 10.2 Å². The molecule has 2 amide bonds. The fraction of sp³-hybridized carbons (Fsp3) is 0.455. The van der Waals surface area contributed by atoms with E-state index in [2.05, 4.69) is 15.8 Å². The number of hydrogen-bond donors (Lipinski definition) is 3. The first-order valence-corrected chi connectivity index (χ1v) is 5.37. The van der Waals surface area contributed by atoms with Gasteiger partial charge in [-0.1, -0.05) is 13.8 Å². The Morgan fingerprint density at radius 1 is 1.41 bits per heavy atom. The molecule has 94 valence electrons. The Morgan fingerprint density at radius 2 is 2.12 bits per heavy atom. The summed E-state index contributed by atoms with van der Waals surface area (Å²) in [6, 6.07) is 1.68. The van der Waals surface area contributed by atoms with E-state index >= 15 is 0 Å². The van der Waals surface area contributed by atoms with Gasteiger partial charge in [-0.3, -0.25) is 10.2 Å². The van der Waals surface area contributed by atoms with Crippen LogP contribution in [0.15, 0.2) is 12.3 Å². The second-order valence-electron chi connectivity index (χ2n) is 4.16. The number of H-pyrrole nitrogens is 1. The lowest BCUT2D eigenvalue weighted by atomic mass is 10.2. The third kappa shape index (κ3) is 4.58. The quantitative estimate of drug-likeness (QED) is 0.696. The van der Waals surface area contributed by atoms with Gasteiger partial charge in [0.2, 0.25) is 0 Å². The largest absolute Gasteiger partial charge is 0.448 e. The van der Waals surface area contributed by atoms with E-state index in [1.165, 1.54) is 0 Å². The van der Waals surface area contributed by atoms with Gasteiger partial charge in [0, 0.05) is 6.20 Å². The summed E-state index contributed by atoms with van der Waals surface area (Å²) in [5.41, 5.74) is 5.73. The molecule has 0 aliphatic carbocycles. The van der Waals surface area contributed by atoms with Crippen molar-refractivity contribution in [3.63, 3.8) is 0 Å². The van der Waals surface area contributed by atoms with Gasteiger partial charge in [0.15, 0.2) is 0 Å². The first kappa shape index (κ1) is 13.1. The number of carbonyl (C=O) groups excluding carboxylic acids is 2. The number of hydrazine groups is 1. The fourth-order valence-electron chi connectivity index (χ4n) is 1.09. The SMILES string of the molecule is Cc1c[nH]c(C(=O)NNC(=O)OCC(C)C)c1. The topological polar surface area (TPSA) is 83.2 Å². The number of nitrogens with one attached hydrogen (secondary N) is 3. The Hall–Kier alpha value is -1.98. The molecule has 3 N–H and O–H groups in total. The molecule has 6 nitrogen and oxygen atoms in total. The molecule has 0 spiro atoms. The molecule has 1 rings (SSSR count). The van der Waals surface area contributed by atoms with Crippen LogP contribution in [-0.4, -0.2) is 23.6 Å². The average molecular weight is 239 g/mol. The molecule has 0 aliphatic rings. The van der Waals surface area contributed by atoms with Gasteiger partial charge in [-0.15, -0.1) is 0 Å². The van der Waals surface area contributed by atoms with Crippen molar-refractivity contribution in [2.24, 2.45) is 5.92 Å². The predicted octanol–water partition coefficient (Wildman–Crippen LogP) is 1.35. The number of aromatic nitrogens is 1. The lowest BCUT2D eigenvalue weighted by Gasteiger charge is -2.09. The van der Waals surface area contributed by atoms with Crippen molar-refractivity contribution in [3.8, 4) is 0 Å². The van der Waals surface area contributed by atoms with E-state index in [0.717, 1.165) is 5.56 Å². The van der Waals surface area contributed by atoms with Crippen LogP contribution in [0.4, 0.5) is 4.79 Å².